The first-order chi connectivity index (χ1) is 12.9. The van der Waals surface area contributed by atoms with Gasteiger partial charge in [0.1, 0.15) is 0 Å². The Morgan fingerprint density at radius 1 is 1.22 bits per heavy atom. The molecule has 2 aromatic rings. The average molecular weight is 365 g/mol. The number of aromatic nitrogens is 1. The van der Waals surface area contributed by atoms with Crippen LogP contribution in [0.4, 0.5) is 0 Å². The molecule has 1 aliphatic rings. The fraction of sp³-hybridized carbons (Fsp3) is 0.409. The van der Waals surface area contributed by atoms with Crippen molar-refractivity contribution in [1.29, 1.82) is 0 Å². The maximum Gasteiger partial charge on any atom is 0.242 e. The van der Waals surface area contributed by atoms with E-state index in [-0.39, 0.29) is 24.3 Å². The van der Waals surface area contributed by atoms with E-state index < -0.39 is 0 Å². The van der Waals surface area contributed by atoms with E-state index in [9.17, 15) is 9.59 Å². The number of amides is 2. The van der Waals surface area contributed by atoms with Crippen LogP contribution in [0, 0.1) is 19.8 Å². The lowest BCUT2D eigenvalue weighted by molar-refractivity contribution is -0.137. The zero-order chi connectivity index (χ0) is 19.4. The molecular weight excluding hydrogens is 338 g/mol. The van der Waals surface area contributed by atoms with Gasteiger partial charge in [-0.25, -0.2) is 0 Å². The first-order valence-electron chi connectivity index (χ1n) is 9.40. The van der Waals surface area contributed by atoms with Crippen LogP contribution in [0.1, 0.15) is 28.9 Å². The molecule has 2 amide bonds. The molecule has 142 valence electrons. The summed E-state index contributed by atoms with van der Waals surface area (Å²) in [4.78, 5) is 32.7. The van der Waals surface area contributed by atoms with Gasteiger partial charge >= 0.3 is 0 Å². The van der Waals surface area contributed by atoms with Gasteiger partial charge in [-0.2, -0.15) is 0 Å². The highest BCUT2D eigenvalue weighted by Gasteiger charge is 2.31. The molecule has 0 radical (unpaired) electrons. The summed E-state index contributed by atoms with van der Waals surface area (Å²) in [6.45, 7) is 5.22. The average Bonchev–Trinajstić information content (AvgIpc) is 2.93. The summed E-state index contributed by atoms with van der Waals surface area (Å²) in [5.74, 6) is 0.297. The molecule has 1 atom stereocenters. The molecule has 27 heavy (non-hydrogen) atoms. The largest absolute Gasteiger partial charge is 0.338 e. The minimum atomic E-state index is -0.0512. The minimum absolute atomic E-state index is 0.0512. The first-order valence-corrected chi connectivity index (χ1v) is 9.40. The van der Waals surface area contributed by atoms with Crippen molar-refractivity contribution in [1.82, 2.24) is 14.8 Å². The lowest BCUT2D eigenvalue weighted by Crippen LogP contribution is -2.39. The summed E-state index contributed by atoms with van der Waals surface area (Å²) in [7, 11) is 1.77. The molecular formula is C22H27N3O2. The SMILES string of the molecule is Cc1cc(C)nc(CN(C)C(=O)CN2CC(Cc3ccccc3)CC2=O)c1. The third kappa shape index (κ3) is 5.16. The van der Waals surface area contributed by atoms with Crippen LogP contribution in [0.25, 0.3) is 0 Å². The quantitative estimate of drug-likeness (QED) is 0.791. The van der Waals surface area contributed by atoms with Gasteiger partial charge in [0.25, 0.3) is 0 Å². The summed E-state index contributed by atoms with van der Waals surface area (Å²) in [6.07, 6.45) is 1.39. The molecule has 5 heteroatoms. The minimum Gasteiger partial charge on any atom is -0.338 e. The van der Waals surface area contributed by atoms with Crippen molar-refractivity contribution in [3.8, 4) is 0 Å². The van der Waals surface area contributed by atoms with Gasteiger partial charge < -0.3 is 9.80 Å². The Balaban J connectivity index is 1.54. The van der Waals surface area contributed by atoms with E-state index in [4.69, 9.17) is 0 Å². The van der Waals surface area contributed by atoms with Crippen LogP contribution in [-0.4, -0.2) is 46.7 Å². The lowest BCUT2D eigenvalue weighted by atomic mass is 9.99. The highest BCUT2D eigenvalue weighted by atomic mass is 16.2. The van der Waals surface area contributed by atoms with Gasteiger partial charge in [-0.05, 0) is 49.4 Å². The van der Waals surface area contributed by atoms with E-state index in [1.807, 2.05) is 44.2 Å². The Bertz CT molecular complexity index is 799. The zero-order valence-corrected chi connectivity index (χ0v) is 16.3. The number of carbonyl (C=O) groups is 2. The Hall–Kier alpha value is -2.69. The number of rotatable bonds is 6. The van der Waals surface area contributed by atoms with Crippen molar-refractivity contribution in [2.45, 2.75) is 33.2 Å². The maximum atomic E-state index is 12.6. The highest BCUT2D eigenvalue weighted by molar-refractivity contribution is 5.86. The van der Waals surface area contributed by atoms with Crippen molar-refractivity contribution in [3.05, 3.63) is 65.0 Å². The molecule has 0 saturated carbocycles. The molecule has 1 aromatic heterocycles. The molecule has 0 N–H and O–H groups in total. The maximum absolute atomic E-state index is 12.6. The van der Waals surface area contributed by atoms with Gasteiger partial charge in [0.2, 0.25) is 11.8 Å². The molecule has 1 unspecified atom stereocenters. The number of likely N-dealkylation sites (N-methyl/N-ethyl adjacent to an activating group) is 1. The second kappa shape index (κ2) is 8.33. The third-order valence-electron chi connectivity index (χ3n) is 4.96. The Kier molecular flexibility index (Phi) is 5.89. The molecule has 0 bridgehead atoms. The zero-order valence-electron chi connectivity index (χ0n) is 16.3. The first kappa shape index (κ1) is 19.1. The van der Waals surface area contributed by atoms with Crippen molar-refractivity contribution in [2.24, 2.45) is 5.92 Å². The number of hydrogen-bond donors (Lipinski definition) is 0. The van der Waals surface area contributed by atoms with Crippen LogP contribution in [0.5, 0.6) is 0 Å². The highest BCUT2D eigenvalue weighted by Crippen LogP contribution is 2.22. The van der Waals surface area contributed by atoms with E-state index in [1.54, 1.807) is 16.8 Å². The van der Waals surface area contributed by atoms with Crippen molar-refractivity contribution < 1.29 is 9.59 Å². The summed E-state index contributed by atoms with van der Waals surface area (Å²) in [5.41, 5.74) is 4.20. The van der Waals surface area contributed by atoms with Crippen LogP contribution >= 0.6 is 0 Å². The smallest absolute Gasteiger partial charge is 0.242 e. The fourth-order valence-electron chi connectivity index (χ4n) is 3.71. The molecule has 1 fully saturated rings. The van der Waals surface area contributed by atoms with E-state index in [0.717, 1.165) is 23.4 Å². The van der Waals surface area contributed by atoms with E-state index in [2.05, 4.69) is 17.1 Å². The third-order valence-corrected chi connectivity index (χ3v) is 4.96. The van der Waals surface area contributed by atoms with E-state index in [1.165, 1.54) is 5.56 Å². The number of hydrogen-bond acceptors (Lipinski definition) is 3. The summed E-state index contributed by atoms with van der Waals surface area (Å²) in [6, 6.07) is 14.2. The number of aryl methyl sites for hydroxylation is 2. The topological polar surface area (TPSA) is 53.5 Å². The number of likely N-dealkylation sites (tertiary alicyclic amines) is 1. The normalized spacial score (nSPS) is 16.6. The van der Waals surface area contributed by atoms with Gasteiger partial charge in [-0.1, -0.05) is 30.3 Å². The molecule has 3 rings (SSSR count). The number of carbonyl (C=O) groups excluding carboxylic acids is 2. The number of benzene rings is 1. The van der Waals surface area contributed by atoms with Crippen LogP contribution < -0.4 is 0 Å². The van der Waals surface area contributed by atoms with Crippen LogP contribution in [0.2, 0.25) is 0 Å². The predicted octanol–water partition coefficient (Wildman–Crippen LogP) is 2.75. The number of pyridine rings is 1. The Morgan fingerprint density at radius 3 is 2.67 bits per heavy atom. The van der Waals surface area contributed by atoms with E-state index >= 15 is 0 Å². The van der Waals surface area contributed by atoms with Gasteiger partial charge in [-0.15, -0.1) is 0 Å². The predicted molar refractivity (Wildman–Crippen MR) is 105 cm³/mol. The standard InChI is InChI=1S/C22H27N3O2/c1-16-9-17(2)23-20(10-16)14-24(3)22(27)15-25-13-19(12-21(25)26)11-18-7-5-4-6-8-18/h4-10,19H,11-15H2,1-3H3. The Labute approximate surface area is 161 Å². The monoisotopic (exact) mass is 365 g/mol. The van der Waals surface area contributed by atoms with Crippen LogP contribution in [0.15, 0.2) is 42.5 Å². The molecule has 1 aromatic carbocycles. The molecule has 1 aliphatic heterocycles. The molecule has 0 aliphatic carbocycles. The summed E-state index contributed by atoms with van der Waals surface area (Å²) >= 11 is 0. The fourth-order valence-corrected chi connectivity index (χ4v) is 3.71. The van der Waals surface area contributed by atoms with Crippen LogP contribution in [-0.2, 0) is 22.6 Å². The van der Waals surface area contributed by atoms with Crippen molar-refractivity contribution in [3.63, 3.8) is 0 Å². The molecule has 1 saturated heterocycles. The summed E-state index contributed by atoms with van der Waals surface area (Å²) in [5, 5.41) is 0. The lowest BCUT2D eigenvalue weighted by Gasteiger charge is -2.22. The Morgan fingerprint density at radius 2 is 1.96 bits per heavy atom. The van der Waals surface area contributed by atoms with Gasteiger partial charge in [0, 0.05) is 25.7 Å². The number of nitrogens with zero attached hydrogens (tertiary/aromatic N) is 3. The van der Waals surface area contributed by atoms with Crippen LogP contribution in [0.3, 0.4) is 0 Å². The van der Waals surface area contributed by atoms with Gasteiger partial charge in [0.05, 0.1) is 18.8 Å². The van der Waals surface area contributed by atoms with Gasteiger partial charge in [-0.3, -0.25) is 14.6 Å². The molecule has 0 spiro atoms. The van der Waals surface area contributed by atoms with Crippen molar-refractivity contribution in [2.75, 3.05) is 20.1 Å². The second-order valence-electron chi connectivity index (χ2n) is 7.56. The van der Waals surface area contributed by atoms with Gasteiger partial charge in [0.15, 0.2) is 0 Å². The second-order valence-corrected chi connectivity index (χ2v) is 7.56. The van der Waals surface area contributed by atoms with E-state index in [0.29, 0.717) is 19.5 Å². The summed E-state index contributed by atoms with van der Waals surface area (Å²) < 4.78 is 0. The van der Waals surface area contributed by atoms with Crippen molar-refractivity contribution >= 4 is 11.8 Å². The molecule has 2 heterocycles. The molecule has 5 nitrogen and oxygen atoms in total.